The lowest BCUT2D eigenvalue weighted by Gasteiger charge is -2.15. The lowest BCUT2D eigenvalue weighted by Crippen LogP contribution is -2.19. The summed E-state index contributed by atoms with van der Waals surface area (Å²) in [5.74, 6) is 1.07. The van der Waals surface area contributed by atoms with Gasteiger partial charge >= 0.3 is 0 Å². The molecule has 1 heterocycles. The monoisotopic (exact) mass is 634 g/mol. The first kappa shape index (κ1) is 23.8. The zero-order valence-electron chi connectivity index (χ0n) is 17.7. The van der Waals surface area contributed by atoms with E-state index in [-0.39, 0.29) is 5.91 Å². The van der Waals surface area contributed by atoms with Crippen molar-refractivity contribution < 1.29 is 14.3 Å². The molecule has 0 aliphatic carbocycles. The first-order valence-electron chi connectivity index (χ1n) is 10.2. The van der Waals surface area contributed by atoms with Gasteiger partial charge in [0.25, 0.3) is 5.91 Å². The Morgan fingerprint density at radius 1 is 1.09 bits per heavy atom. The van der Waals surface area contributed by atoms with Gasteiger partial charge in [0.1, 0.15) is 6.61 Å². The summed E-state index contributed by atoms with van der Waals surface area (Å²) in [6.07, 6.45) is 1.82. The lowest BCUT2D eigenvalue weighted by atomic mass is 10.1. The third-order valence-corrected chi connectivity index (χ3v) is 6.78. The first-order chi connectivity index (χ1) is 16.0. The van der Waals surface area contributed by atoms with Crippen LogP contribution < -0.4 is 14.8 Å². The maximum atomic E-state index is 12.5. The van der Waals surface area contributed by atoms with Gasteiger partial charge in [-0.3, -0.25) is 4.79 Å². The normalized spacial score (nSPS) is 15.7. The number of benzene rings is 3. The third-order valence-electron chi connectivity index (χ3n) is 4.56. The molecule has 0 aromatic heterocycles. The summed E-state index contributed by atoms with van der Waals surface area (Å²) in [7, 11) is 0. The van der Waals surface area contributed by atoms with E-state index in [1.54, 1.807) is 0 Å². The van der Waals surface area contributed by atoms with E-state index < -0.39 is 0 Å². The maximum Gasteiger partial charge on any atom is 0.264 e. The highest BCUT2D eigenvalue weighted by molar-refractivity contribution is 14.1. The highest BCUT2D eigenvalue weighted by atomic mass is 127. The maximum absolute atomic E-state index is 12.5. The van der Waals surface area contributed by atoms with Gasteiger partial charge in [-0.05, 0) is 111 Å². The zero-order chi connectivity index (χ0) is 23.2. The van der Waals surface area contributed by atoms with E-state index in [4.69, 9.17) is 9.47 Å². The Morgan fingerprint density at radius 2 is 1.85 bits per heavy atom. The van der Waals surface area contributed by atoms with Gasteiger partial charge in [-0.15, -0.1) is 0 Å². The minimum atomic E-state index is -0.178. The van der Waals surface area contributed by atoms with Gasteiger partial charge in [0.05, 0.1) is 21.7 Å². The van der Waals surface area contributed by atoms with E-state index in [1.165, 1.54) is 11.8 Å². The summed E-state index contributed by atoms with van der Waals surface area (Å²) in [5.41, 5.74) is 2.68. The summed E-state index contributed by atoms with van der Waals surface area (Å²) < 4.78 is 13.8. The Kier molecular flexibility index (Phi) is 8.11. The lowest BCUT2D eigenvalue weighted by molar-refractivity contribution is -0.115. The van der Waals surface area contributed by atoms with Gasteiger partial charge < -0.3 is 14.8 Å². The molecule has 1 amide bonds. The molecule has 1 saturated heterocycles. The minimum absolute atomic E-state index is 0.178. The van der Waals surface area contributed by atoms with Crippen molar-refractivity contribution in [1.82, 2.24) is 5.32 Å². The molecule has 3 aromatic rings. The van der Waals surface area contributed by atoms with Crippen molar-refractivity contribution in [2.24, 2.45) is 4.99 Å². The van der Waals surface area contributed by atoms with Crippen LogP contribution in [0, 0.1) is 3.57 Å². The second-order valence-corrected chi connectivity index (χ2v) is 10.1. The van der Waals surface area contributed by atoms with E-state index >= 15 is 0 Å². The van der Waals surface area contributed by atoms with E-state index in [2.05, 4.69) is 48.8 Å². The van der Waals surface area contributed by atoms with Crippen LogP contribution >= 0.6 is 50.3 Å². The van der Waals surface area contributed by atoms with Crippen LogP contribution in [0.5, 0.6) is 11.5 Å². The second kappa shape index (κ2) is 11.2. The van der Waals surface area contributed by atoms with Gasteiger partial charge in [0.15, 0.2) is 16.7 Å². The van der Waals surface area contributed by atoms with E-state index in [9.17, 15) is 4.79 Å². The molecule has 0 spiro atoms. The number of hydrogen-bond acceptors (Lipinski definition) is 5. The highest BCUT2D eigenvalue weighted by Crippen LogP contribution is 2.39. The second-order valence-electron chi connectivity index (χ2n) is 7.00. The Morgan fingerprint density at radius 3 is 2.58 bits per heavy atom. The predicted octanol–water partition coefficient (Wildman–Crippen LogP) is 6.92. The summed E-state index contributed by atoms with van der Waals surface area (Å²) in [6.45, 7) is 2.85. The Balaban J connectivity index is 1.55. The van der Waals surface area contributed by atoms with Gasteiger partial charge in [-0.2, -0.15) is 0 Å². The number of aliphatic imine (C=N–C) groups is 1. The number of amidine groups is 1. The van der Waals surface area contributed by atoms with Crippen molar-refractivity contribution in [2.75, 3.05) is 6.61 Å². The third kappa shape index (κ3) is 6.39. The van der Waals surface area contributed by atoms with E-state index in [1.807, 2.05) is 79.7 Å². The molecule has 8 heteroatoms. The first-order valence-corrected chi connectivity index (χ1v) is 12.9. The molecule has 0 radical (unpaired) electrons. The average molecular weight is 635 g/mol. The SMILES string of the molecule is CCOc1cc(/C=C2/SC(=Nc3ccc(I)cc3)NC2=O)cc(Br)c1OCc1ccccc1. The van der Waals surface area contributed by atoms with E-state index in [0.717, 1.165) is 24.9 Å². The van der Waals surface area contributed by atoms with Crippen molar-refractivity contribution >= 4 is 73.1 Å². The van der Waals surface area contributed by atoms with Crippen LogP contribution in [0.2, 0.25) is 0 Å². The Bertz CT molecular complexity index is 1210. The molecule has 5 nitrogen and oxygen atoms in total. The van der Waals surface area contributed by atoms with Crippen LogP contribution in [0.25, 0.3) is 6.08 Å². The number of ether oxygens (including phenoxy) is 2. The van der Waals surface area contributed by atoms with Crippen molar-refractivity contribution in [3.8, 4) is 11.5 Å². The molecule has 33 heavy (non-hydrogen) atoms. The molecule has 0 atom stereocenters. The van der Waals surface area contributed by atoms with Crippen LogP contribution in [0.3, 0.4) is 0 Å². The van der Waals surface area contributed by atoms with Crippen LogP contribution in [0.1, 0.15) is 18.1 Å². The number of rotatable bonds is 7. The molecule has 0 unspecified atom stereocenters. The van der Waals surface area contributed by atoms with Crippen molar-refractivity contribution in [3.63, 3.8) is 0 Å². The molecule has 1 N–H and O–H groups in total. The van der Waals surface area contributed by atoms with Crippen LogP contribution in [-0.4, -0.2) is 17.7 Å². The van der Waals surface area contributed by atoms with Crippen molar-refractivity contribution in [2.45, 2.75) is 13.5 Å². The number of nitrogens with zero attached hydrogens (tertiary/aromatic N) is 1. The molecule has 4 rings (SSSR count). The average Bonchev–Trinajstić information content (AvgIpc) is 3.14. The molecule has 1 aliphatic heterocycles. The molecule has 3 aromatic carbocycles. The number of carbonyl (C=O) groups excluding carboxylic acids is 1. The fourth-order valence-electron chi connectivity index (χ4n) is 3.07. The van der Waals surface area contributed by atoms with Crippen molar-refractivity contribution in [1.29, 1.82) is 0 Å². The van der Waals surface area contributed by atoms with Gasteiger partial charge in [-0.1, -0.05) is 30.3 Å². The van der Waals surface area contributed by atoms with Crippen molar-refractivity contribution in [3.05, 3.63) is 90.8 Å². The topological polar surface area (TPSA) is 59.9 Å². The molecule has 0 bridgehead atoms. The number of carbonyl (C=O) groups is 1. The number of hydrogen-bond donors (Lipinski definition) is 1. The number of amides is 1. The highest BCUT2D eigenvalue weighted by Gasteiger charge is 2.24. The Labute approximate surface area is 218 Å². The van der Waals surface area contributed by atoms with Gasteiger partial charge in [0.2, 0.25) is 0 Å². The summed E-state index contributed by atoms with van der Waals surface area (Å²) >= 11 is 7.16. The predicted molar refractivity (Wildman–Crippen MR) is 146 cm³/mol. The van der Waals surface area contributed by atoms with Crippen LogP contribution in [0.4, 0.5) is 5.69 Å². The smallest absolute Gasteiger partial charge is 0.264 e. The minimum Gasteiger partial charge on any atom is -0.490 e. The molecule has 1 aliphatic rings. The van der Waals surface area contributed by atoms with Crippen LogP contribution in [0.15, 0.2) is 81.1 Å². The number of nitrogens with one attached hydrogen (secondary N) is 1. The fraction of sp³-hybridized carbons (Fsp3) is 0.120. The standard InChI is InChI=1S/C25H20BrIN2O3S/c1-2-31-21-13-17(12-20(26)23(21)32-15-16-6-4-3-5-7-16)14-22-24(30)29-25(33-22)28-19-10-8-18(27)9-11-19/h3-14H,2,15H2,1H3,(H,28,29,30)/b22-14+. The molecule has 168 valence electrons. The number of halogens is 2. The molecule has 1 fully saturated rings. The van der Waals surface area contributed by atoms with E-state index in [0.29, 0.717) is 34.8 Å². The fourth-order valence-corrected chi connectivity index (χ4v) is 4.84. The molecule has 0 saturated carbocycles. The van der Waals surface area contributed by atoms with Gasteiger partial charge in [0, 0.05) is 3.57 Å². The quantitative estimate of drug-likeness (QED) is 0.226. The summed E-state index contributed by atoms with van der Waals surface area (Å²) in [4.78, 5) is 17.6. The zero-order valence-corrected chi connectivity index (χ0v) is 22.2. The molecular weight excluding hydrogens is 615 g/mol. The molecular formula is C25H20BrIN2O3S. The largest absolute Gasteiger partial charge is 0.490 e. The van der Waals surface area contributed by atoms with Crippen LogP contribution in [-0.2, 0) is 11.4 Å². The Hall–Kier alpha value is -2.30. The number of thioether (sulfide) groups is 1. The summed E-state index contributed by atoms with van der Waals surface area (Å²) in [6, 6.07) is 21.5. The summed E-state index contributed by atoms with van der Waals surface area (Å²) in [5, 5.41) is 3.38. The van der Waals surface area contributed by atoms with Gasteiger partial charge in [-0.25, -0.2) is 4.99 Å².